The van der Waals surface area contributed by atoms with Crippen LogP contribution in [0.15, 0.2) is 54.7 Å². The first-order chi connectivity index (χ1) is 15.5. The zero-order valence-electron chi connectivity index (χ0n) is 19.7. The Hall–Kier alpha value is -3.29. The lowest BCUT2D eigenvalue weighted by molar-refractivity contribution is -0.137. The second-order valence-electron chi connectivity index (χ2n) is 8.43. The molecule has 176 valence electrons. The van der Waals surface area contributed by atoms with Crippen molar-refractivity contribution in [2.75, 3.05) is 23.9 Å². The maximum Gasteiger partial charge on any atom is 0.421 e. The van der Waals surface area contributed by atoms with Crippen molar-refractivity contribution < 1.29 is 17.9 Å². The van der Waals surface area contributed by atoms with E-state index < -0.39 is 11.7 Å². The summed E-state index contributed by atoms with van der Waals surface area (Å²) in [5, 5.41) is 0. The molecule has 0 aliphatic carbocycles. The van der Waals surface area contributed by atoms with Gasteiger partial charge in [-0.05, 0) is 61.7 Å². The van der Waals surface area contributed by atoms with Crippen LogP contribution < -0.4 is 14.5 Å². The molecule has 0 N–H and O–H groups in total. The molecule has 2 aromatic carbocycles. The predicted octanol–water partition coefficient (Wildman–Crippen LogP) is 6.94. The van der Waals surface area contributed by atoms with Gasteiger partial charge in [0.15, 0.2) is 5.82 Å². The molecule has 0 atom stereocenters. The van der Waals surface area contributed by atoms with E-state index in [1.807, 2.05) is 38.1 Å². The first kappa shape index (κ1) is 24.4. The van der Waals surface area contributed by atoms with Gasteiger partial charge in [0.25, 0.3) is 0 Å². The van der Waals surface area contributed by atoms with Crippen molar-refractivity contribution in [2.45, 2.75) is 45.9 Å². The number of aromatic nitrogens is 2. The van der Waals surface area contributed by atoms with E-state index in [2.05, 4.69) is 23.8 Å². The molecule has 0 saturated heterocycles. The average molecular weight is 459 g/mol. The van der Waals surface area contributed by atoms with Crippen molar-refractivity contribution in [3.8, 4) is 5.75 Å². The largest absolute Gasteiger partial charge is 0.491 e. The molecule has 0 saturated carbocycles. The van der Waals surface area contributed by atoms with Crippen LogP contribution in [0.2, 0.25) is 0 Å². The monoisotopic (exact) mass is 458 g/mol. The SMILES string of the molecule is CC(C)Oc1ccc(N(C)c2ncc(C(F)(F)F)c(N(C)c3ccc(C(C)C)cc3)n2)cc1. The minimum atomic E-state index is -4.59. The molecular weight excluding hydrogens is 429 g/mol. The summed E-state index contributed by atoms with van der Waals surface area (Å²) in [7, 11) is 3.28. The fourth-order valence-electron chi connectivity index (χ4n) is 3.32. The average Bonchev–Trinajstić information content (AvgIpc) is 2.77. The Bertz CT molecular complexity index is 1060. The lowest BCUT2D eigenvalue weighted by atomic mass is 10.0. The van der Waals surface area contributed by atoms with Gasteiger partial charge in [-0.15, -0.1) is 0 Å². The van der Waals surface area contributed by atoms with Crippen LogP contribution in [0.25, 0.3) is 0 Å². The molecule has 0 radical (unpaired) electrons. The van der Waals surface area contributed by atoms with Gasteiger partial charge in [0.1, 0.15) is 11.3 Å². The highest BCUT2D eigenvalue weighted by molar-refractivity contribution is 5.66. The molecule has 33 heavy (non-hydrogen) atoms. The summed E-state index contributed by atoms with van der Waals surface area (Å²) in [5.41, 5.74) is 1.54. The van der Waals surface area contributed by atoms with Crippen molar-refractivity contribution in [2.24, 2.45) is 0 Å². The van der Waals surface area contributed by atoms with Gasteiger partial charge in [-0.25, -0.2) is 4.98 Å². The minimum absolute atomic E-state index is 0.0412. The van der Waals surface area contributed by atoms with Crippen LogP contribution in [0, 0.1) is 0 Å². The first-order valence-corrected chi connectivity index (χ1v) is 10.8. The van der Waals surface area contributed by atoms with Crippen molar-refractivity contribution in [1.29, 1.82) is 0 Å². The molecule has 0 aliphatic heterocycles. The zero-order valence-corrected chi connectivity index (χ0v) is 19.7. The number of hydrogen-bond acceptors (Lipinski definition) is 5. The number of halogens is 3. The fraction of sp³-hybridized carbons (Fsp3) is 0.360. The van der Waals surface area contributed by atoms with E-state index in [0.29, 0.717) is 17.4 Å². The third kappa shape index (κ3) is 5.74. The molecule has 0 aliphatic rings. The third-order valence-corrected chi connectivity index (χ3v) is 5.22. The molecule has 0 amide bonds. The Kier molecular flexibility index (Phi) is 7.15. The normalized spacial score (nSPS) is 11.7. The van der Waals surface area contributed by atoms with Crippen LogP contribution >= 0.6 is 0 Å². The van der Waals surface area contributed by atoms with Crippen LogP contribution in [0.3, 0.4) is 0 Å². The molecule has 0 unspecified atom stereocenters. The molecule has 8 heteroatoms. The number of alkyl halides is 3. The summed E-state index contributed by atoms with van der Waals surface area (Å²) in [5.74, 6) is 0.977. The molecule has 5 nitrogen and oxygen atoms in total. The van der Waals surface area contributed by atoms with E-state index in [4.69, 9.17) is 4.74 Å². The Morgan fingerprint density at radius 2 is 1.36 bits per heavy atom. The highest BCUT2D eigenvalue weighted by Gasteiger charge is 2.37. The molecule has 3 aromatic rings. The molecular formula is C25H29F3N4O. The maximum absolute atomic E-state index is 13.8. The zero-order chi connectivity index (χ0) is 24.3. The van der Waals surface area contributed by atoms with Crippen molar-refractivity contribution in [3.05, 3.63) is 65.9 Å². The second kappa shape index (κ2) is 9.68. The van der Waals surface area contributed by atoms with Gasteiger partial charge in [0, 0.05) is 31.7 Å². The van der Waals surface area contributed by atoms with Gasteiger partial charge in [0.2, 0.25) is 5.95 Å². The Morgan fingerprint density at radius 3 is 1.88 bits per heavy atom. The van der Waals surface area contributed by atoms with Crippen molar-refractivity contribution in [1.82, 2.24) is 9.97 Å². The van der Waals surface area contributed by atoms with Gasteiger partial charge in [-0.1, -0.05) is 26.0 Å². The van der Waals surface area contributed by atoms with Crippen LogP contribution in [0.5, 0.6) is 5.75 Å². The van der Waals surface area contributed by atoms with Crippen molar-refractivity contribution in [3.63, 3.8) is 0 Å². The van der Waals surface area contributed by atoms with Crippen molar-refractivity contribution >= 4 is 23.1 Å². The van der Waals surface area contributed by atoms with Crippen LogP contribution in [-0.2, 0) is 6.18 Å². The summed E-state index contributed by atoms with van der Waals surface area (Å²) in [4.78, 5) is 11.4. The van der Waals surface area contributed by atoms with Gasteiger partial charge >= 0.3 is 6.18 Å². The summed E-state index contributed by atoms with van der Waals surface area (Å²) in [6, 6.07) is 14.7. The van der Waals surface area contributed by atoms with Gasteiger partial charge in [0.05, 0.1) is 6.10 Å². The number of nitrogens with zero attached hydrogens (tertiary/aromatic N) is 4. The van der Waals surface area contributed by atoms with Gasteiger partial charge < -0.3 is 14.5 Å². The highest BCUT2D eigenvalue weighted by atomic mass is 19.4. The Balaban J connectivity index is 1.97. The highest BCUT2D eigenvalue weighted by Crippen LogP contribution is 2.38. The molecule has 0 fully saturated rings. The predicted molar refractivity (Wildman–Crippen MR) is 126 cm³/mol. The maximum atomic E-state index is 13.8. The standard InChI is InChI=1S/C25H29F3N4O/c1-16(2)18-7-9-19(10-8-18)31(5)23-22(25(26,27)28)15-29-24(30-23)32(6)20-11-13-21(14-12-20)33-17(3)4/h7-17H,1-6H3. The summed E-state index contributed by atoms with van der Waals surface area (Å²) < 4.78 is 46.9. The number of ether oxygens (including phenoxy) is 1. The Labute approximate surface area is 192 Å². The van der Waals surface area contributed by atoms with Crippen LogP contribution in [0.1, 0.15) is 44.7 Å². The summed E-state index contributed by atoms with van der Waals surface area (Å²) >= 11 is 0. The quantitative estimate of drug-likeness (QED) is 0.384. The van der Waals surface area contributed by atoms with E-state index in [0.717, 1.165) is 17.4 Å². The summed E-state index contributed by atoms with van der Waals surface area (Å²) in [6.07, 6.45) is -3.71. The fourth-order valence-corrected chi connectivity index (χ4v) is 3.32. The smallest absolute Gasteiger partial charge is 0.421 e. The summed E-state index contributed by atoms with van der Waals surface area (Å²) in [6.45, 7) is 8.00. The van der Waals surface area contributed by atoms with Crippen LogP contribution in [0.4, 0.5) is 36.3 Å². The molecule has 1 heterocycles. The minimum Gasteiger partial charge on any atom is -0.491 e. The molecule has 0 bridgehead atoms. The molecule has 3 rings (SSSR count). The molecule has 1 aromatic heterocycles. The number of hydrogen-bond donors (Lipinski definition) is 0. The number of rotatable bonds is 7. The van der Waals surface area contributed by atoms with E-state index in [1.165, 1.54) is 4.90 Å². The lowest BCUT2D eigenvalue weighted by Crippen LogP contribution is -2.21. The van der Waals surface area contributed by atoms with E-state index in [9.17, 15) is 13.2 Å². The topological polar surface area (TPSA) is 41.5 Å². The third-order valence-electron chi connectivity index (χ3n) is 5.22. The second-order valence-corrected chi connectivity index (χ2v) is 8.43. The van der Waals surface area contributed by atoms with E-state index >= 15 is 0 Å². The van der Waals surface area contributed by atoms with Crippen LogP contribution in [-0.4, -0.2) is 30.2 Å². The van der Waals surface area contributed by atoms with E-state index in [1.54, 1.807) is 43.3 Å². The number of benzene rings is 2. The lowest BCUT2D eigenvalue weighted by Gasteiger charge is -2.25. The van der Waals surface area contributed by atoms with Gasteiger partial charge in [-0.2, -0.15) is 18.2 Å². The van der Waals surface area contributed by atoms with E-state index in [-0.39, 0.29) is 17.9 Å². The van der Waals surface area contributed by atoms with Gasteiger partial charge in [-0.3, -0.25) is 0 Å². The first-order valence-electron chi connectivity index (χ1n) is 10.8. The Morgan fingerprint density at radius 1 is 0.818 bits per heavy atom. The number of anilines is 4. The molecule has 0 spiro atoms.